The van der Waals surface area contributed by atoms with Crippen LogP contribution in [0.2, 0.25) is 0 Å². The quantitative estimate of drug-likeness (QED) is 0.140. The molecule has 1 atom stereocenters. The fourth-order valence-corrected chi connectivity index (χ4v) is 4.75. The minimum Gasteiger partial charge on any atom is -0.507 e. The molecule has 3 rings (SSSR count). The second kappa shape index (κ2) is 15.2. The van der Waals surface area contributed by atoms with Crippen LogP contribution < -0.4 is 14.9 Å². The number of ketones is 1. The number of hydrogen-bond donors (Lipinski definition) is 3. The summed E-state index contributed by atoms with van der Waals surface area (Å²) in [5, 5.41) is 30.4. The van der Waals surface area contributed by atoms with Crippen molar-refractivity contribution in [2.24, 2.45) is 0 Å². The predicted molar refractivity (Wildman–Crippen MR) is 155 cm³/mol. The molecule has 0 radical (unpaired) electrons. The maximum Gasteiger partial charge on any atom is 0.303 e. The van der Waals surface area contributed by atoms with Gasteiger partial charge in [-0.3, -0.25) is 14.4 Å². The highest BCUT2D eigenvalue weighted by Crippen LogP contribution is 2.33. The molecule has 2 aromatic carbocycles. The molecule has 0 saturated heterocycles. The van der Waals surface area contributed by atoms with Gasteiger partial charge in [0.15, 0.2) is 11.2 Å². The highest BCUT2D eigenvalue weighted by atomic mass is 16.5. The smallest absolute Gasteiger partial charge is 0.303 e. The fraction of sp³-hybridized carbons (Fsp3) is 0.469. The first-order valence-electron chi connectivity index (χ1n) is 14.3. The summed E-state index contributed by atoms with van der Waals surface area (Å²) in [6.07, 6.45) is 4.30. The van der Waals surface area contributed by atoms with Crippen LogP contribution in [0, 0.1) is 0 Å². The molecule has 0 aliphatic rings. The van der Waals surface area contributed by atoms with Crippen LogP contribution in [0.4, 0.5) is 0 Å². The zero-order chi connectivity index (χ0) is 29.9. The first-order valence-corrected chi connectivity index (χ1v) is 14.3. The van der Waals surface area contributed by atoms with Crippen LogP contribution in [0.1, 0.15) is 86.5 Å². The number of aliphatic carboxylic acids is 1. The second-order valence-corrected chi connectivity index (χ2v) is 10.2. The lowest BCUT2D eigenvalue weighted by Crippen LogP contribution is -2.25. The maximum atomic E-state index is 12.8. The number of carboxylic acid groups (broad SMARTS) is 1. The zero-order valence-corrected chi connectivity index (χ0v) is 24.0. The molecule has 41 heavy (non-hydrogen) atoms. The lowest BCUT2D eigenvalue weighted by Gasteiger charge is -2.18. The summed E-state index contributed by atoms with van der Waals surface area (Å²) >= 11 is 0. The number of aryl methyl sites for hydroxylation is 2. The molecule has 0 saturated carbocycles. The number of unbranched alkanes of at least 4 members (excludes halogenated alkanes) is 2. The van der Waals surface area contributed by atoms with Crippen molar-refractivity contribution in [3.05, 3.63) is 63.0 Å². The second-order valence-electron chi connectivity index (χ2n) is 10.2. The number of aliphatic hydroxyl groups is 1. The van der Waals surface area contributed by atoms with Gasteiger partial charge >= 0.3 is 5.97 Å². The summed E-state index contributed by atoms with van der Waals surface area (Å²) in [6, 6.07) is 8.00. The van der Waals surface area contributed by atoms with Crippen molar-refractivity contribution < 1.29 is 38.8 Å². The van der Waals surface area contributed by atoms with Crippen LogP contribution in [-0.4, -0.2) is 46.4 Å². The van der Waals surface area contributed by atoms with E-state index in [2.05, 4.69) is 0 Å². The molecular weight excluding hydrogens is 528 g/mol. The van der Waals surface area contributed by atoms with Gasteiger partial charge in [-0.25, -0.2) is 0 Å². The van der Waals surface area contributed by atoms with Crippen molar-refractivity contribution >= 4 is 22.7 Å². The third-order valence-electron chi connectivity index (χ3n) is 6.80. The van der Waals surface area contributed by atoms with Crippen LogP contribution in [0.25, 0.3) is 11.0 Å². The molecule has 1 unspecified atom stereocenters. The summed E-state index contributed by atoms with van der Waals surface area (Å²) in [4.78, 5) is 35.3. The number of carboxylic acids is 1. The molecule has 9 nitrogen and oxygen atoms in total. The van der Waals surface area contributed by atoms with Crippen molar-refractivity contribution in [1.29, 1.82) is 0 Å². The number of benzene rings is 2. The minimum absolute atomic E-state index is 0.0731. The van der Waals surface area contributed by atoms with Crippen molar-refractivity contribution in [3.63, 3.8) is 0 Å². The molecule has 0 aliphatic carbocycles. The number of Topliss-reactive ketones (excluding diaryl/α,β-unsaturated/α-hetero) is 1. The Morgan fingerprint density at radius 2 is 1.54 bits per heavy atom. The average Bonchev–Trinajstić information content (AvgIpc) is 2.92. The first kappa shape index (κ1) is 31.7. The Hall–Kier alpha value is -3.85. The number of phenolic OH excluding ortho intramolecular Hbond substituents is 1. The Kier molecular flexibility index (Phi) is 11.8. The van der Waals surface area contributed by atoms with E-state index in [4.69, 9.17) is 19.0 Å². The Balaban J connectivity index is 1.72. The van der Waals surface area contributed by atoms with E-state index in [0.29, 0.717) is 65.9 Å². The summed E-state index contributed by atoms with van der Waals surface area (Å²) in [5.41, 5.74) is 1.83. The minimum atomic E-state index is -0.992. The van der Waals surface area contributed by atoms with E-state index in [-0.39, 0.29) is 42.2 Å². The molecule has 3 N–H and O–H groups in total. The van der Waals surface area contributed by atoms with Gasteiger partial charge in [-0.1, -0.05) is 33.1 Å². The van der Waals surface area contributed by atoms with Gasteiger partial charge in [0.25, 0.3) is 0 Å². The molecular formula is C32H40O9. The topological polar surface area (TPSA) is 144 Å². The van der Waals surface area contributed by atoms with E-state index in [9.17, 15) is 24.6 Å². The Morgan fingerprint density at radius 3 is 2.17 bits per heavy atom. The SMILES string of the molecule is CCCc1c(OCC(O)COc2ccc3c(=O)cc(CCCCCC(=O)O)oc3c2CCC)ccc(C(C)=O)c1O. The van der Waals surface area contributed by atoms with Crippen molar-refractivity contribution in [1.82, 2.24) is 0 Å². The lowest BCUT2D eigenvalue weighted by atomic mass is 10.0. The van der Waals surface area contributed by atoms with Crippen LogP contribution in [0.5, 0.6) is 17.2 Å². The van der Waals surface area contributed by atoms with Gasteiger partial charge in [0.1, 0.15) is 47.9 Å². The van der Waals surface area contributed by atoms with Gasteiger partial charge in [0.2, 0.25) is 0 Å². The fourth-order valence-electron chi connectivity index (χ4n) is 4.75. The zero-order valence-electron chi connectivity index (χ0n) is 24.0. The molecule has 222 valence electrons. The summed E-state index contributed by atoms with van der Waals surface area (Å²) in [7, 11) is 0. The van der Waals surface area contributed by atoms with E-state index >= 15 is 0 Å². The van der Waals surface area contributed by atoms with Crippen molar-refractivity contribution in [2.45, 2.75) is 84.7 Å². The number of ether oxygens (including phenoxy) is 2. The molecule has 0 aliphatic heterocycles. The van der Waals surface area contributed by atoms with Gasteiger partial charge in [-0.2, -0.15) is 0 Å². The molecule has 0 bridgehead atoms. The number of carbonyl (C=O) groups excluding carboxylic acids is 1. The predicted octanol–water partition coefficient (Wildman–Crippen LogP) is 5.61. The van der Waals surface area contributed by atoms with Crippen molar-refractivity contribution in [2.75, 3.05) is 13.2 Å². The van der Waals surface area contributed by atoms with E-state index < -0.39 is 12.1 Å². The Morgan fingerprint density at radius 1 is 0.902 bits per heavy atom. The molecule has 3 aromatic rings. The normalized spacial score (nSPS) is 11.9. The Labute approximate surface area is 239 Å². The molecule has 1 aromatic heterocycles. The molecule has 9 heteroatoms. The van der Waals surface area contributed by atoms with Gasteiger partial charge in [-0.05, 0) is 56.9 Å². The number of phenols is 1. The maximum absolute atomic E-state index is 12.8. The van der Waals surface area contributed by atoms with Crippen LogP contribution in [0.15, 0.2) is 39.5 Å². The molecule has 0 amide bonds. The van der Waals surface area contributed by atoms with Crippen LogP contribution in [-0.2, 0) is 24.1 Å². The number of carbonyl (C=O) groups is 2. The highest BCUT2D eigenvalue weighted by molar-refractivity contribution is 5.97. The van der Waals surface area contributed by atoms with Crippen LogP contribution >= 0.6 is 0 Å². The summed E-state index contributed by atoms with van der Waals surface area (Å²) < 4.78 is 17.9. The Bertz CT molecular complexity index is 1410. The van der Waals surface area contributed by atoms with E-state index in [1.807, 2.05) is 13.8 Å². The van der Waals surface area contributed by atoms with Gasteiger partial charge in [0, 0.05) is 30.0 Å². The third-order valence-corrected chi connectivity index (χ3v) is 6.80. The van der Waals surface area contributed by atoms with Gasteiger partial charge < -0.3 is 29.2 Å². The van der Waals surface area contributed by atoms with E-state index in [0.717, 1.165) is 24.8 Å². The largest absolute Gasteiger partial charge is 0.507 e. The van der Waals surface area contributed by atoms with E-state index in [1.165, 1.54) is 19.1 Å². The molecule has 0 spiro atoms. The average molecular weight is 569 g/mol. The number of aromatic hydroxyl groups is 1. The molecule has 1 heterocycles. The van der Waals surface area contributed by atoms with E-state index in [1.54, 1.807) is 18.2 Å². The number of rotatable bonds is 17. The summed E-state index contributed by atoms with van der Waals surface area (Å²) in [6.45, 7) is 5.19. The number of fused-ring (bicyclic) bond motifs is 1. The van der Waals surface area contributed by atoms with Crippen molar-refractivity contribution in [3.8, 4) is 17.2 Å². The monoisotopic (exact) mass is 568 g/mol. The number of hydrogen-bond acceptors (Lipinski definition) is 8. The first-order chi connectivity index (χ1) is 19.7. The molecule has 0 fully saturated rings. The third kappa shape index (κ3) is 8.57. The van der Waals surface area contributed by atoms with Gasteiger partial charge in [0.05, 0.1) is 10.9 Å². The van der Waals surface area contributed by atoms with Crippen LogP contribution in [0.3, 0.4) is 0 Å². The highest BCUT2D eigenvalue weighted by Gasteiger charge is 2.19. The standard InChI is InChI=1S/C32H40O9/c1-4-9-25-28(15-13-23(20(3)33)31(25)38)39-18-21(34)19-40-29-16-14-24-27(35)17-22(11-7-6-8-12-30(36)37)41-32(24)26(29)10-5-2/h13-17,21,34,38H,4-12,18-19H2,1-3H3,(H,36,37). The lowest BCUT2D eigenvalue weighted by molar-refractivity contribution is -0.137. The number of aliphatic hydroxyl groups excluding tert-OH is 1. The van der Waals surface area contributed by atoms with Gasteiger partial charge in [-0.15, -0.1) is 0 Å². The summed E-state index contributed by atoms with van der Waals surface area (Å²) in [5.74, 6) is 0.307.